The largest absolute Gasteiger partial charge is 0.497 e. The molecule has 0 N–H and O–H groups in total. The van der Waals surface area contributed by atoms with E-state index in [4.69, 9.17) is 18.3 Å². The summed E-state index contributed by atoms with van der Waals surface area (Å²) in [6, 6.07) is 23.8. The fourth-order valence-electron chi connectivity index (χ4n) is 3.90. The van der Waals surface area contributed by atoms with Gasteiger partial charge in [0, 0.05) is 17.3 Å². The van der Waals surface area contributed by atoms with Crippen molar-refractivity contribution in [2.75, 3.05) is 14.2 Å². The van der Waals surface area contributed by atoms with Gasteiger partial charge in [-0.15, -0.1) is 0 Å². The van der Waals surface area contributed by atoms with Crippen LogP contribution < -0.4 is 14.9 Å². The lowest BCUT2D eigenvalue weighted by atomic mass is 9.98. The molecule has 0 aliphatic heterocycles. The molecule has 0 spiro atoms. The van der Waals surface area contributed by atoms with E-state index in [0.29, 0.717) is 33.8 Å². The second-order valence-corrected chi connectivity index (χ2v) is 7.83. The molecule has 36 heavy (non-hydrogen) atoms. The summed E-state index contributed by atoms with van der Waals surface area (Å²) >= 11 is 0. The van der Waals surface area contributed by atoms with Crippen LogP contribution in [0.4, 0.5) is 5.88 Å². The zero-order chi connectivity index (χ0) is 25.1. The molecule has 3 aromatic carbocycles. The predicted octanol–water partition coefficient (Wildman–Crippen LogP) is 6.36. The van der Waals surface area contributed by atoms with E-state index in [1.54, 1.807) is 38.5 Å². The summed E-state index contributed by atoms with van der Waals surface area (Å²) in [5, 5.41) is 10.5. The molecule has 2 aromatic heterocycles. The number of methoxy groups -OCH3 is 2. The van der Waals surface area contributed by atoms with Crippen molar-refractivity contribution in [1.82, 2.24) is 0 Å². The van der Waals surface area contributed by atoms with E-state index in [-0.39, 0.29) is 22.4 Å². The second kappa shape index (κ2) is 9.65. The topological polar surface area (TPSA) is 98.0 Å². The Bertz CT molecular complexity index is 1670. The summed E-state index contributed by atoms with van der Waals surface area (Å²) in [6.45, 7) is 0. The van der Waals surface area contributed by atoms with Gasteiger partial charge in [0.2, 0.25) is 11.3 Å². The van der Waals surface area contributed by atoms with Gasteiger partial charge in [-0.2, -0.15) is 5.26 Å². The summed E-state index contributed by atoms with van der Waals surface area (Å²) in [6.07, 6.45) is 2.70. The highest BCUT2D eigenvalue weighted by molar-refractivity contribution is 5.91. The maximum atomic E-state index is 12.9. The normalized spacial score (nSPS) is 11.0. The number of benzene rings is 3. The van der Waals surface area contributed by atoms with Gasteiger partial charge < -0.3 is 18.3 Å². The third kappa shape index (κ3) is 4.12. The summed E-state index contributed by atoms with van der Waals surface area (Å²) in [5.74, 6) is 1.94. The molecule has 0 radical (unpaired) electrons. The molecule has 0 fully saturated rings. The minimum Gasteiger partial charge on any atom is -0.497 e. The van der Waals surface area contributed by atoms with E-state index in [0.717, 1.165) is 11.1 Å². The number of hydrogen-bond acceptors (Lipinski definition) is 7. The molecule has 5 aromatic rings. The minimum absolute atomic E-state index is 0.0849. The lowest BCUT2D eigenvalue weighted by molar-refractivity contribution is 0.414. The van der Waals surface area contributed by atoms with E-state index in [9.17, 15) is 10.1 Å². The Labute approximate surface area is 206 Å². The van der Waals surface area contributed by atoms with Crippen LogP contribution in [0.25, 0.3) is 33.4 Å². The van der Waals surface area contributed by atoms with E-state index in [1.807, 2.05) is 48.5 Å². The molecule has 0 aliphatic rings. The number of rotatable bonds is 6. The van der Waals surface area contributed by atoms with Crippen LogP contribution in [-0.2, 0) is 0 Å². The molecule has 7 nitrogen and oxygen atoms in total. The Hall–Kier alpha value is -5.09. The minimum atomic E-state index is -0.226. The van der Waals surface area contributed by atoms with Gasteiger partial charge in [-0.3, -0.25) is 4.79 Å². The van der Waals surface area contributed by atoms with E-state index in [1.165, 1.54) is 12.5 Å². The Morgan fingerprint density at radius 2 is 1.53 bits per heavy atom. The summed E-state index contributed by atoms with van der Waals surface area (Å²) in [7, 11) is 3.18. The Balaban J connectivity index is 1.66. The van der Waals surface area contributed by atoms with E-state index < -0.39 is 0 Å². The zero-order valence-corrected chi connectivity index (χ0v) is 19.5. The molecule has 5 rings (SSSR count). The smallest absolute Gasteiger partial charge is 0.238 e. The Morgan fingerprint density at radius 1 is 0.889 bits per heavy atom. The second-order valence-electron chi connectivity index (χ2n) is 7.83. The first kappa shape index (κ1) is 22.7. The first-order valence-corrected chi connectivity index (χ1v) is 11.0. The number of furan rings is 1. The third-order valence-electron chi connectivity index (χ3n) is 5.76. The lowest BCUT2D eigenvalue weighted by Crippen LogP contribution is -2.07. The molecule has 0 unspecified atom stereocenters. The van der Waals surface area contributed by atoms with E-state index >= 15 is 0 Å². The van der Waals surface area contributed by atoms with Crippen molar-refractivity contribution in [1.29, 1.82) is 5.26 Å². The molecule has 0 saturated heterocycles. The molecule has 0 amide bonds. The first-order valence-electron chi connectivity index (χ1n) is 11.0. The zero-order valence-electron chi connectivity index (χ0n) is 19.5. The molecular weight excluding hydrogens is 456 g/mol. The van der Waals surface area contributed by atoms with Crippen LogP contribution in [0.1, 0.15) is 11.1 Å². The van der Waals surface area contributed by atoms with Crippen LogP contribution >= 0.6 is 0 Å². The first-order chi connectivity index (χ1) is 17.6. The number of nitriles is 1. The highest BCUT2D eigenvalue weighted by Gasteiger charge is 2.23. The number of hydrogen-bond donors (Lipinski definition) is 0. The van der Waals surface area contributed by atoms with Crippen molar-refractivity contribution in [3.05, 3.63) is 100 Å². The average molecular weight is 476 g/mol. The number of ether oxygens (including phenoxy) is 2. The summed E-state index contributed by atoms with van der Waals surface area (Å²) in [5.41, 5.74) is 2.83. The van der Waals surface area contributed by atoms with Gasteiger partial charge in [-0.25, -0.2) is 4.99 Å². The molecule has 0 atom stereocenters. The van der Waals surface area contributed by atoms with Crippen LogP contribution in [0.15, 0.2) is 97.7 Å². The van der Waals surface area contributed by atoms with Crippen molar-refractivity contribution >= 4 is 23.1 Å². The monoisotopic (exact) mass is 476 g/mol. The van der Waals surface area contributed by atoms with Crippen LogP contribution in [-0.4, -0.2) is 20.4 Å². The third-order valence-corrected chi connectivity index (χ3v) is 5.76. The number of nitrogens with zero attached hydrogens (tertiary/aromatic N) is 2. The van der Waals surface area contributed by atoms with Gasteiger partial charge in [-0.1, -0.05) is 24.3 Å². The van der Waals surface area contributed by atoms with Crippen molar-refractivity contribution in [2.24, 2.45) is 4.99 Å². The fraction of sp³-hybridized carbons (Fsp3) is 0.0690. The van der Waals surface area contributed by atoms with Crippen LogP contribution in [0.3, 0.4) is 0 Å². The highest BCUT2D eigenvalue weighted by atomic mass is 16.5. The average Bonchev–Trinajstić information content (AvgIpc) is 3.31. The lowest BCUT2D eigenvalue weighted by Gasteiger charge is -2.06. The van der Waals surface area contributed by atoms with Crippen molar-refractivity contribution < 1.29 is 18.3 Å². The number of para-hydroxylation sites is 1. The van der Waals surface area contributed by atoms with Gasteiger partial charge in [0.1, 0.15) is 40.7 Å². The maximum Gasteiger partial charge on any atom is 0.238 e. The van der Waals surface area contributed by atoms with E-state index in [2.05, 4.69) is 11.1 Å². The van der Waals surface area contributed by atoms with Crippen molar-refractivity contribution in [3.63, 3.8) is 0 Å². The number of fused-ring (bicyclic) bond motifs is 1. The maximum absolute atomic E-state index is 12.9. The quantitative estimate of drug-likeness (QED) is 0.265. The molecule has 7 heteroatoms. The van der Waals surface area contributed by atoms with Gasteiger partial charge in [0.15, 0.2) is 0 Å². The standard InChI is InChI=1S/C29H20N2O5/c1-33-21-11-7-18(8-12-21)26-24(15-30)29(36-28(26)19-9-13-22(34-2)14-10-19)31-16-20-17-35-25-6-4-3-5-23(25)27(20)32/h3-14,16-17H,1-2H3. The van der Waals surface area contributed by atoms with Gasteiger partial charge in [0.25, 0.3) is 0 Å². The summed E-state index contributed by atoms with van der Waals surface area (Å²) in [4.78, 5) is 17.3. The van der Waals surface area contributed by atoms with Gasteiger partial charge in [0.05, 0.1) is 25.2 Å². The van der Waals surface area contributed by atoms with Crippen LogP contribution in [0, 0.1) is 11.3 Å². The molecule has 2 heterocycles. The molecule has 0 saturated carbocycles. The number of aliphatic imine (C=N–C) groups is 1. The molecule has 0 bridgehead atoms. The summed E-state index contributed by atoms with van der Waals surface area (Å²) < 4.78 is 22.2. The van der Waals surface area contributed by atoms with Crippen molar-refractivity contribution in [3.8, 4) is 40.0 Å². The van der Waals surface area contributed by atoms with Gasteiger partial charge >= 0.3 is 0 Å². The highest BCUT2D eigenvalue weighted by Crippen LogP contribution is 2.43. The van der Waals surface area contributed by atoms with Crippen LogP contribution in [0.5, 0.6) is 11.5 Å². The predicted molar refractivity (Wildman–Crippen MR) is 137 cm³/mol. The van der Waals surface area contributed by atoms with Crippen LogP contribution in [0.2, 0.25) is 0 Å². The molecule has 176 valence electrons. The SMILES string of the molecule is COc1ccc(-c2oc(N=Cc3coc4ccccc4c3=O)c(C#N)c2-c2ccc(OC)cc2)cc1. The Morgan fingerprint density at radius 3 is 2.17 bits per heavy atom. The molecule has 0 aliphatic carbocycles. The van der Waals surface area contributed by atoms with Crippen molar-refractivity contribution in [2.45, 2.75) is 0 Å². The Kier molecular flexibility index (Phi) is 6.08. The van der Waals surface area contributed by atoms with Gasteiger partial charge in [-0.05, 0) is 54.1 Å². The molecular formula is C29H20N2O5. The fourth-order valence-corrected chi connectivity index (χ4v) is 3.90.